The Bertz CT molecular complexity index is 1720. The summed E-state index contributed by atoms with van der Waals surface area (Å²) in [4.78, 5) is 31.9. The van der Waals surface area contributed by atoms with Crippen LogP contribution in [0.15, 0.2) is 58.1 Å². The van der Waals surface area contributed by atoms with Crippen molar-refractivity contribution >= 4 is 11.2 Å². The summed E-state index contributed by atoms with van der Waals surface area (Å²) >= 11 is 0. The summed E-state index contributed by atoms with van der Waals surface area (Å²) in [6.07, 6.45) is 4.57. The van der Waals surface area contributed by atoms with E-state index < -0.39 is 0 Å². The van der Waals surface area contributed by atoms with Gasteiger partial charge in [-0.15, -0.1) is 10.2 Å². The molecule has 1 fully saturated rings. The average molecular weight is 525 g/mol. The molecule has 6 rings (SSSR count). The Morgan fingerprint density at radius 2 is 1.69 bits per heavy atom. The summed E-state index contributed by atoms with van der Waals surface area (Å²) in [6, 6.07) is 16.3. The van der Waals surface area contributed by atoms with Crippen LogP contribution in [0.4, 0.5) is 0 Å². The molecule has 10 heteroatoms. The van der Waals surface area contributed by atoms with Gasteiger partial charge in [-0.25, -0.2) is 9.78 Å². The molecule has 5 aromatic rings. The monoisotopic (exact) mass is 524 g/mol. The summed E-state index contributed by atoms with van der Waals surface area (Å²) < 4.78 is 5.17. The van der Waals surface area contributed by atoms with Crippen molar-refractivity contribution in [1.82, 2.24) is 39.3 Å². The normalized spacial score (nSPS) is 13.4. The Balaban J connectivity index is 1.42. The average Bonchev–Trinajstić information content (AvgIpc) is 3.47. The van der Waals surface area contributed by atoms with Crippen LogP contribution in [0.3, 0.4) is 0 Å². The minimum Gasteiger partial charge on any atom is -0.318 e. The van der Waals surface area contributed by atoms with Gasteiger partial charge in [-0.2, -0.15) is 5.21 Å². The lowest BCUT2D eigenvalue weighted by Gasteiger charge is -2.13. The zero-order chi connectivity index (χ0) is 26.9. The number of aromatic nitrogens is 8. The Hall–Kier alpha value is -4.34. The summed E-state index contributed by atoms with van der Waals surface area (Å²) in [5, 5.41) is 14.5. The first-order valence-corrected chi connectivity index (χ1v) is 13.7. The molecule has 1 aliphatic rings. The molecule has 0 bridgehead atoms. The zero-order valence-corrected chi connectivity index (χ0v) is 22.3. The maximum atomic E-state index is 13.7. The molecule has 2 aromatic carbocycles. The molecule has 0 atom stereocenters. The molecule has 1 saturated carbocycles. The molecule has 0 unspecified atom stereocenters. The number of aromatic amines is 1. The molecule has 1 aliphatic carbocycles. The van der Waals surface area contributed by atoms with Crippen LogP contribution in [0.2, 0.25) is 0 Å². The van der Waals surface area contributed by atoms with Crippen molar-refractivity contribution in [2.24, 2.45) is 5.92 Å². The first-order valence-electron chi connectivity index (χ1n) is 13.7. The van der Waals surface area contributed by atoms with Crippen LogP contribution in [0.1, 0.15) is 50.9 Å². The largest absolute Gasteiger partial charge is 0.332 e. The third kappa shape index (κ3) is 4.71. The van der Waals surface area contributed by atoms with Crippen molar-refractivity contribution < 1.29 is 0 Å². The van der Waals surface area contributed by atoms with Gasteiger partial charge in [0.15, 0.2) is 11.2 Å². The number of tetrazole rings is 1. The van der Waals surface area contributed by atoms with Crippen molar-refractivity contribution in [3.63, 3.8) is 0 Å². The highest BCUT2D eigenvalue weighted by Crippen LogP contribution is 2.32. The molecule has 200 valence electrons. The van der Waals surface area contributed by atoms with Gasteiger partial charge in [-0.3, -0.25) is 13.9 Å². The van der Waals surface area contributed by atoms with Gasteiger partial charge in [0, 0.05) is 31.6 Å². The SMILES string of the molecule is CCCc1nc2c(c(=O)n(CCC)c(=O)n2CC2CC2)n1Cc1ccc(-c2ccccc2-c2nn[nH]n2)cc1. The van der Waals surface area contributed by atoms with Crippen molar-refractivity contribution in [2.45, 2.75) is 65.6 Å². The Labute approximate surface area is 225 Å². The Kier molecular flexibility index (Phi) is 6.68. The van der Waals surface area contributed by atoms with Gasteiger partial charge >= 0.3 is 5.69 Å². The highest BCUT2D eigenvalue weighted by molar-refractivity contribution is 5.80. The summed E-state index contributed by atoms with van der Waals surface area (Å²) in [6.45, 7) is 5.62. The second kappa shape index (κ2) is 10.4. The molecule has 10 nitrogen and oxygen atoms in total. The Morgan fingerprint density at radius 1 is 0.923 bits per heavy atom. The molecule has 0 radical (unpaired) electrons. The van der Waals surface area contributed by atoms with Gasteiger partial charge in [-0.1, -0.05) is 62.4 Å². The fourth-order valence-corrected chi connectivity index (χ4v) is 5.24. The number of hydrogen-bond donors (Lipinski definition) is 1. The molecule has 3 heterocycles. The first kappa shape index (κ1) is 25.0. The molecule has 39 heavy (non-hydrogen) atoms. The summed E-state index contributed by atoms with van der Waals surface area (Å²) in [7, 11) is 0. The van der Waals surface area contributed by atoms with Gasteiger partial charge in [0.2, 0.25) is 5.82 Å². The summed E-state index contributed by atoms with van der Waals surface area (Å²) in [5.41, 5.74) is 4.56. The van der Waals surface area contributed by atoms with E-state index in [0.29, 0.717) is 49.0 Å². The van der Waals surface area contributed by atoms with Crippen LogP contribution in [-0.4, -0.2) is 39.3 Å². The van der Waals surface area contributed by atoms with Crippen LogP contribution in [0, 0.1) is 5.92 Å². The van der Waals surface area contributed by atoms with Crippen molar-refractivity contribution in [2.75, 3.05) is 0 Å². The van der Waals surface area contributed by atoms with Crippen molar-refractivity contribution in [1.29, 1.82) is 0 Å². The van der Waals surface area contributed by atoms with Crippen LogP contribution in [0.25, 0.3) is 33.7 Å². The smallest absolute Gasteiger partial charge is 0.318 e. The topological polar surface area (TPSA) is 116 Å². The standard InChI is InChI=1S/C29H32N8O2/c1-3-7-24-30-27-25(28(38)35(16-4-2)29(39)37(27)18-19-10-11-19)36(24)17-20-12-14-21(15-13-20)22-8-5-6-9-23(22)26-31-33-34-32-26/h5-6,8-9,12-15,19H,3-4,7,10-11,16-18H2,1-2H3,(H,31,32,33,34). The van der Waals surface area contributed by atoms with Crippen LogP contribution < -0.4 is 11.2 Å². The molecule has 3 aromatic heterocycles. The van der Waals surface area contributed by atoms with E-state index in [9.17, 15) is 9.59 Å². The van der Waals surface area contributed by atoms with Crippen LogP contribution >= 0.6 is 0 Å². The van der Waals surface area contributed by atoms with Gasteiger partial charge in [0.1, 0.15) is 5.82 Å². The molecule has 0 amide bonds. The number of imidazole rings is 1. The van der Waals surface area contributed by atoms with E-state index in [2.05, 4.69) is 51.8 Å². The van der Waals surface area contributed by atoms with E-state index in [0.717, 1.165) is 53.8 Å². The lowest BCUT2D eigenvalue weighted by atomic mass is 9.98. The summed E-state index contributed by atoms with van der Waals surface area (Å²) in [5.74, 6) is 1.87. The fraction of sp³-hybridized carbons (Fsp3) is 0.379. The van der Waals surface area contributed by atoms with Gasteiger partial charge in [0.05, 0.1) is 0 Å². The highest BCUT2D eigenvalue weighted by Gasteiger charge is 2.27. The zero-order valence-electron chi connectivity index (χ0n) is 22.3. The third-order valence-corrected chi connectivity index (χ3v) is 7.37. The molecule has 0 aliphatic heterocycles. The number of benzene rings is 2. The van der Waals surface area contributed by atoms with Crippen LogP contribution in [-0.2, 0) is 26.1 Å². The number of aryl methyl sites for hydroxylation is 1. The number of hydrogen-bond acceptors (Lipinski definition) is 6. The van der Waals surface area contributed by atoms with Crippen molar-refractivity contribution in [3.8, 4) is 22.5 Å². The van der Waals surface area contributed by atoms with Crippen LogP contribution in [0.5, 0.6) is 0 Å². The highest BCUT2D eigenvalue weighted by atomic mass is 16.2. The van der Waals surface area contributed by atoms with E-state index in [1.54, 1.807) is 4.57 Å². The third-order valence-electron chi connectivity index (χ3n) is 7.37. The van der Waals surface area contributed by atoms with E-state index in [1.807, 2.05) is 35.8 Å². The molecule has 0 saturated heterocycles. The minimum atomic E-state index is -0.246. The second-order valence-electron chi connectivity index (χ2n) is 10.3. The van der Waals surface area contributed by atoms with Gasteiger partial charge in [-0.05, 0) is 53.5 Å². The van der Waals surface area contributed by atoms with E-state index >= 15 is 0 Å². The quantitative estimate of drug-likeness (QED) is 0.295. The molecular formula is C29H32N8O2. The first-order chi connectivity index (χ1) is 19.1. The number of fused-ring (bicyclic) bond motifs is 1. The molecule has 0 spiro atoms. The number of nitrogens with one attached hydrogen (secondary N) is 1. The lowest BCUT2D eigenvalue weighted by Crippen LogP contribution is -2.41. The Morgan fingerprint density at radius 3 is 2.36 bits per heavy atom. The van der Waals surface area contributed by atoms with Gasteiger partial charge < -0.3 is 4.57 Å². The predicted octanol–water partition coefficient (Wildman–Crippen LogP) is 4.03. The predicted molar refractivity (Wildman–Crippen MR) is 149 cm³/mol. The number of nitrogens with zero attached hydrogens (tertiary/aromatic N) is 7. The molecular weight excluding hydrogens is 492 g/mol. The minimum absolute atomic E-state index is 0.237. The number of H-pyrrole nitrogens is 1. The van der Waals surface area contributed by atoms with E-state index in [4.69, 9.17) is 4.98 Å². The van der Waals surface area contributed by atoms with E-state index in [1.165, 1.54) is 4.57 Å². The maximum Gasteiger partial charge on any atom is 0.332 e. The maximum absolute atomic E-state index is 13.7. The fourth-order valence-electron chi connectivity index (χ4n) is 5.24. The van der Waals surface area contributed by atoms with E-state index in [-0.39, 0.29) is 11.2 Å². The van der Waals surface area contributed by atoms with Gasteiger partial charge in [0.25, 0.3) is 5.56 Å². The lowest BCUT2D eigenvalue weighted by molar-refractivity contribution is 0.537. The van der Waals surface area contributed by atoms with Crippen molar-refractivity contribution in [3.05, 3.63) is 80.8 Å². The second-order valence-corrected chi connectivity index (χ2v) is 10.3. The molecule has 1 N–H and O–H groups in total. The number of rotatable bonds is 10.